The zero-order valence-electron chi connectivity index (χ0n) is 19.3. The number of halogens is 1. The zero-order valence-corrected chi connectivity index (χ0v) is 19.3. The van der Waals surface area contributed by atoms with Gasteiger partial charge in [-0.2, -0.15) is 0 Å². The summed E-state index contributed by atoms with van der Waals surface area (Å²) in [4.78, 5) is 20.0. The molecule has 0 bridgehead atoms. The van der Waals surface area contributed by atoms with Crippen LogP contribution < -0.4 is 14.8 Å². The highest BCUT2D eigenvalue weighted by Crippen LogP contribution is 2.26. The quantitative estimate of drug-likeness (QED) is 0.515. The summed E-state index contributed by atoms with van der Waals surface area (Å²) in [6.45, 7) is 2.96. The SMILES string of the molecule is COc1cccc(C(NC(=O)C2CCN(CCOc3ccc(F)cc3)CC2)c2ccccn2)c1. The number of ether oxygens (including phenoxy) is 2. The lowest BCUT2D eigenvalue weighted by Crippen LogP contribution is -2.42. The zero-order chi connectivity index (χ0) is 23.8. The number of aromatic nitrogens is 1. The van der Waals surface area contributed by atoms with Gasteiger partial charge in [0.2, 0.25) is 5.91 Å². The van der Waals surface area contributed by atoms with Crippen molar-refractivity contribution in [1.29, 1.82) is 0 Å². The molecule has 178 valence electrons. The average Bonchev–Trinajstić information content (AvgIpc) is 2.89. The number of piperidine rings is 1. The second-order valence-corrected chi connectivity index (χ2v) is 8.39. The van der Waals surface area contributed by atoms with Gasteiger partial charge in [-0.05, 0) is 80.0 Å². The molecule has 1 N–H and O–H groups in total. The van der Waals surface area contributed by atoms with E-state index in [1.165, 1.54) is 12.1 Å². The van der Waals surface area contributed by atoms with E-state index in [1.807, 2.05) is 42.5 Å². The van der Waals surface area contributed by atoms with Crippen molar-refractivity contribution in [2.75, 3.05) is 33.4 Å². The Morgan fingerprint density at radius 2 is 1.88 bits per heavy atom. The van der Waals surface area contributed by atoms with Crippen molar-refractivity contribution < 1.29 is 18.7 Å². The number of methoxy groups -OCH3 is 1. The topological polar surface area (TPSA) is 63.7 Å². The summed E-state index contributed by atoms with van der Waals surface area (Å²) in [7, 11) is 1.63. The van der Waals surface area contributed by atoms with E-state index >= 15 is 0 Å². The molecule has 1 aliphatic rings. The van der Waals surface area contributed by atoms with Crippen LogP contribution in [0.2, 0.25) is 0 Å². The summed E-state index contributed by atoms with van der Waals surface area (Å²) in [6.07, 6.45) is 3.31. The first-order valence-corrected chi connectivity index (χ1v) is 11.6. The van der Waals surface area contributed by atoms with Crippen LogP contribution >= 0.6 is 0 Å². The van der Waals surface area contributed by atoms with Gasteiger partial charge in [-0.1, -0.05) is 18.2 Å². The van der Waals surface area contributed by atoms with Crippen LogP contribution in [0.5, 0.6) is 11.5 Å². The Kier molecular flexibility index (Phi) is 8.09. The second-order valence-electron chi connectivity index (χ2n) is 8.39. The number of hydrogen-bond donors (Lipinski definition) is 1. The van der Waals surface area contributed by atoms with E-state index in [1.54, 1.807) is 25.4 Å². The van der Waals surface area contributed by atoms with Crippen LogP contribution in [0.3, 0.4) is 0 Å². The molecule has 1 aromatic heterocycles. The van der Waals surface area contributed by atoms with Crippen LogP contribution in [0.1, 0.15) is 30.1 Å². The first kappa shape index (κ1) is 23.7. The van der Waals surface area contributed by atoms with Gasteiger partial charge in [-0.3, -0.25) is 14.7 Å². The maximum atomic E-state index is 13.2. The molecule has 0 aliphatic carbocycles. The van der Waals surface area contributed by atoms with E-state index in [9.17, 15) is 9.18 Å². The second kappa shape index (κ2) is 11.6. The number of amides is 1. The Morgan fingerprint density at radius 1 is 1.09 bits per heavy atom. The van der Waals surface area contributed by atoms with Gasteiger partial charge in [-0.15, -0.1) is 0 Å². The van der Waals surface area contributed by atoms with Crippen LogP contribution in [0.4, 0.5) is 4.39 Å². The molecule has 1 fully saturated rings. The van der Waals surface area contributed by atoms with E-state index in [0.29, 0.717) is 12.4 Å². The minimum Gasteiger partial charge on any atom is -0.497 e. The predicted octanol–water partition coefficient (Wildman–Crippen LogP) is 4.23. The predicted molar refractivity (Wildman–Crippen MR) is 128 cm³/mol. The van der Waals surface area contributed by atoms with Crippen molar-refractivity contribution in [3.05, 3.63) is 90.0 Å². The molecule has 0 radical (unpaired) electrons. The lowest BCUT2D eigenvalue weighted by atomic mass is 9.94. The first-order valence-electron chi connectivity index (χ1n) is 11.6. The summed E-state index contributed by atoms with van der Waals surface area (Å²) >= 11 is 0. The summed E-state index contributed by atoms with van der Waals surface area (Å²) < 4.78 is 24.1. The van der Waals surface area contributed by atoms with Crippen LogP contribution in [0.15, 0.2) is 72.9 Å². The molecule has 0 saturated carbocycles. The Hall–Kier alpha value is -3.45. The fraction of sp³-hybridized carbons (Fsp3) is 0.333. The Labute approximate surface area is 199 Å². The maximum absolute atomic E-state index is 13.2. The Bertz CT molecular complexity index is 1050. The third-order valence-electron chi connectivity index (χ3n) is 6.15. The smallest absolute Gasteiger partial charge is 0.224 e. The van der Waals surface area contributed by atoms with E-state index in [4.69, 9.17) is 9.47 Å². The number of nitrogens with one attached hydrogen (secondary N) is 1. The molecule has 6 nitrogen and oxygen atoms in total. The number of rotatable bonds is 9. The lowest BCUT2D eigenvalue weighted by Gasteiger charge is -2.32. The highest BCUT2D eigenvalue weighted by Gasteiger charge is 2.28. The van der Waals surface area contributed by atoms with Crippen molar-refractivity contribution in [3.63, 3.8) is 0 Å². The van der Waals surface area contributed by atoms with Gasteiger partial charge >= 0.3 is 0 Å². The van der Waals surface area contributed by atoms with Crippen molar-refractivity contribution in [3.8, 4) is 11.5 Å². The number of carbonyl (C=O) groups excluding carboxylic acids is 1. The first-order chi connectivity index (χ1) is 16.6. The van der Waals surface area contributed by atoms with Crippen molar-refractivity contribution in [1.82, 2.24) is 15.2 Å². The van der Waals surface area contributed by atoms with Gasteiger partial charge in [0.15, 0.2) is 0 Å². The normalized spacial score (nSPS) is 15.5. The number of pyridine rings is 1. The van der Waals surface area contributed by atoms with E-state index in [0.717, 1.165) is 49.5 Å². The largest absolute Gasteiger partial charge is 0.497 e. The third-order valence-corrected chi connectivity index (χ3v) is 6.15. The molecule has 1 saturated heterocycles. The van der Waals surface area contributed by atoms with E-state index in [2.05, 4.69) is 15.2 Å². The summed E-state index contributed by atoms with van der Waals surface area (Å²) in [5, 5.41) is 3.22. The maximum Gasteiger partial charge on any atom is 0.224 e. The number of hydrogen-bond acceptors (Lipinski definition) is 5. The van der Waals surface area contributed by atoms with Gasteiger partial charge in [0, 0.05) is 18.7 Å². The van der Waals surface area contributed by atoms with Crippen LogP contribution in [-0.4, -0.2) is 49.1 Å². The molecule has 3 aromatic rings. The van der Waals surface area contributed by atoms with Gasteiger partial charge in [0.25, 0.3) is 0 Å². The Balaban J connectivity index is 1.31. The van der Waals surface area contributed by atoms with Gasteiger partial charge in [0.05, 0.1) is 18.8 Å². The molecule has 2 heterocycles. The van der Waals surface area contributed by atoms with Crippen molar-refractivity contribution in [2.45, 2.75) is 18.9 Å². The van der Waals surface area contributed by atoms with Crippen LogP contribution in [-0.2, 0) is 4.79 Å². The fourth-order valence-electron chi connectivity index (χ4n) is 4.20. The number of nitrogens with zero attached hydrogens (tertiary/aromatic N) is 2. The minimum absolute atomic E-state index is 0.0423. The van der Waals surface area contributed by atoms with Crippen LogP contribution in [0.25, 0.3) is 0 Å². The van der Waals surface area contributed by atoms with E-state index < -0.39 is 0 Å². The monoisotopic (exact) mass is 463 g/mol. The molecule has 4 rings (SSSR count). The highest BCUT2D eigenvalue weighted by molar-refractivity contribution is 5.79. The summed E-state index contributed by atoms with van der Waals surface area (Å²) in [5.74, 6) is 1.12. The molecule has 1 amide bonds. The minimum atomic E-state index is -0.342. The fourth-order valence-corrected chi connectivity index (χ4v) is 4.20. The van der Waals surface area contributed by atoms with Gasteiger partial charge < -0.3 is 14.8 Å². The van der Waals surface area contributed by atoms with Gasteiger partial charge in [0.1, 0.15) is 23.9 Å². The molecule has 34 heavy (non-hydrogen) atoms. The van der Waals surface area contributed by atoms with Crippen LogP contribution in [0, 0.1) is 11.7 Å². The average molecular weight is 464 g/mol. The standard InChI is InChI=1S/C27H30FN3O3/c1-33-24-6-4-5-21(19-24)26(25-7-2-3-14-29-25)30-27(32)20-12-15-31(16-13-20)17-18-34-23-10-8-22(28)9-11-23/h2-11,14,19-20,26H,12-13,15-18H2,1H3,(H,30,32). The summed E-state index contributed by atoms with van der Waals surface area (Å²) in [5.41, 5.74) is 1.72. The number of carbonyl (C=O) groups is 1. The molecular weight excluding hydrogens is 433 g/mol. The molecule has 2 aromatic carbocycles. The molecule has 1 aliphatic heterocycles. The lowest BCUT2D eigenvalue weighted by molar-refractivity contribution is -0.127. The molecule has 0 spiro atoms. The third kappa shape index (κ3) is 6.32. The Morgan fingerprint density at radius 3 is 2.59 bits per heavy atom. The van der Waals surface area contributed by atoms with Crippen molar-refractivity contribution in [2.24, 2.45) is 5.92 Å². The van der Waals surface area contributed by atoms with Gasteiger partial charge in [-0.25, -0.2) is 4.39 Å². The summed E-state index contributed by atoms with van der Waals surface area (Å²) in [6, 6.07) is 19.1. The molecule has 1 atom stereocenters. The number of benzene rings is 2. The van der Waals surface area contributed by atoms with Crippen molar-refractivity contribution >= 4 is 5.91 Å². The molecule has 1 unspecified atom stereocenters. The molecular formula is C27H30FN3O3. The number of likely N-dealkylation sites (tertiary alicyclic amines) is 1. The van der Waals surface area contributed by atoms with E-state index in [-0.39, 0.29) is 23.7 Å². The molecule has 7 heteroatoms. The highest BCUT2D eigenvalue weighted by atomic mass is 19.1.